The van der Waals surface area contributed by atoms with Crippen LogP contribution in [0.1, 0.15) is 58.4 Å². The third-order valence-corrected chi connectivity index (χ3v) is 2.84. The molecule has 0 bridgehead atoms. The van der Waals surface area contributed by atoms with E-state index in [2.05, 4.69) is 52.6 Å². The second-order valence-electron chi connectivity index (χ2n) is 6.42. The lowest BCUT2D eigenvalue weighted by atomic mass is 9.81. The lowest BCUT2D eigenvalue weighted by Gasteiger charge is -2.26. The molecule has 1 aromatic rings. The number of hydrogen-bond donors (Lipinski definition) is 1. The van der Waals surface area contributed by atoms with Gasteiger partial charge >= 0.3 is 0 Å². The van der Waals surface area contributed by atoms with Crippen molar-refractivity contribution in [3.05, 3.63) is 29.1 Å². The molecule has 90 valence electrons. The number of nitrogens with zero attached hydrogens (tertiary/aromatic N) is 1. The third-order valence-electron chi connectivity index (χ3n) is 2.84. The van der Waals surface area contributed by atoms with Crippen molar-refractivity contribution in [3.63, 3.8) is 0 Å². The molecule has 0 radical (unpaired) electrons. The van der Waals surface area contributed by atoms with Crippen LogP contribution in [0.2, 0.25) is 0 Å². The second kappa shape index (κ2) is 4.17. The first-order chi connectivity index (χ1) is 7.16. The number of hydrogen-bond acceptors (Lipinski definition) is 2. The number of aromatic nitrogens is 1. The van der Waals surface area contributed by atoms with E-state index in [1.165, 1.54) is 11.1 Å². The molecule has 0 saturated heterocycles. The summed E-state index contributed by atoms with van der Waals surface area (Å²) in [4.78, 5) is 4.51. The zero-order chi connectivity index (χ0) is 12.6. The molecule has 2 heteroatoms. The summed E-state index contributed by atoms with van der Waals surface area (Å²) >= 11 is 0. The zero-order valence-electron chi connectivity index (χ0n) is 11.4. The molecule has 16 heavy (non-hydrogen) atoms. The molecule has 0 unspecified atom stereocenters. The number of pyridine rings is 1. The molecule has 1 heterocycles. The largest absolute Gasteiger partial charge is 0.325 e. The van der Waals surface area contributed by atoms with Crippen LogP contribution < -0.4 is 5.73 Å². The van der Waals surface area contributed by atoms with Gasteiger partial charge < -0.3 is 5.73 Å². The maximum Gasteiger partial charge on any atom is 0.0576 e. The molecule has 0 aliphatic rings. The Morgan fingerprint density at radius 2 is 1.62 bits per heavy atom. The maximum atomic E-state index is 5.74. The summed E-state index contributed by atoms with van der Waals surface area (Å²) in [6, 6.07) is 2.26. The van der Waals surface area contributed by atoms with Crippen LogP contribution in [-0.2, 0) is 17.4 Å². The van der Waals surface area contributed by atoms with E-state index in [-0.39, 0.29) is 10.8 Å². The molecule has 2 nitrogen and oxygen atoms in total. The highest BCUT2D eigenvalue weighted by molar-refractivity contribution is 5.34. The van der Waals surface area contributed by atoms with Crippen LogP contribution in [0.25, 0.3) is 0 Å². The van der Waals surface area contributed by atoms with E-state index < -0.39 is 0 Å². The Morgan fingerprint density at radius 3 is 2.00 bits per heavy atom. The molecule has 1 rings (SSSR count). The predicted molar refractivity (Wildman–Crippen MR) is 69.5 cm³/mol. The average Bonchev–Trinajstić information content (AvgIpc) is 2.14. The van der Waals surface area contributed by atoms with Gasteiger partial charge in [-0.25, -0.2) is 0 Å². The zero-order valence-corrected chi connectivity index (χ0v) is 11.4. The Hall–Kier alpha value is -0.890. The summed E-state index contributed by atoms with van der Waals surface area (Å²) in [5.74, 6) is 0. The highest BCUT2D eigenvalue weighted by Gasteiger charge is 2.22. The minimum atomic E-state index is 0.100. The van der Waals surface area contributed by atoms with Gasteiger partial charge in [0.25, 0.3) is 0 Å². The van der Waals surface area contributed by atoms with Crippen molar-refractivity contribution in [2.45, 2.75) is 58.9 Å². The molecule has 0 spiro atoms. The van der Waals surface area contributed by atoms with E-state index in [4.69, 9.17) is 5.73 Å². The van der Waals surface area contributed by atoms with Gasteiger partial charge in [0.05, 0.1) is 5.69 Å². The molecular weight excluding hydrogens is 196 g/mol. The Bertz CT molecular complexity index is 367. The number of nitrogens with two attached hydrogens (primary N) is 1. The van der Waals surface area contributed by atoms with E-state index in [1.54, 1.807) is 0 Å². The summed E-state index contributed by atoms with van der Waals surface area (Å²) in [6.45, 7) is 13.7. The molecule has 0 atom stereocenters. The van der Waals surface area contributed by atoms with Crippen LogP contribution in [0.3, 0.4) is 0 Å². The van der Waals surface area contributed by atoms with E-state index in [9.17, 15) is 0 Å². The van der Waals surface area contributed by atoms with Gasteiger partial charge in [0, 0.05) is 12.7 Å². The summed E-state index contributed by atoms with van der Waals surface area (Å²) in [5, 5.41) is 0. The Kier molecular flexibility index (Phi) is 3.44. The first-order valence-corrected chi connectivity index (χ1v) is 5.86. The molecule has 0 amide bonds. The maximum absolute atomic E-state index is 5.74. The van der Waals surface area contributed by atoms with Gasteiger partial charge in [-0.2, -0.15) is 0 Å². The highest BCUT2D eigenvalue weighted by atomic mass is 14.7. The third kappa shape index (κ3) is 2.82. The van der Waals surface area contributed by atoms with Crippen LogP contribution in [0.5, 0.6) is 0 Å². The van der Waals surface area contributed by atoms with Crippen molar-refractivity contribution >= 4 is 0 Å². The Balaban J connectivity index is 3.34. The predicted octanol–water partition coefficient (Wildman–Crippen LogP) is 3.14. The van der Waals surface area contributed by atoms with Gasteiger partial charge in [0.1, 0.15) is 0 Å². The van der Waals surface area contributed by atoms with Crippen molar-refractivity contribution in [1.82, 2.24) is 4.98 Å². The summed E-state index contributed by atoms with van der Waals surface area (Å²) < 4.78 is 0. The molecule has 0 aliphatic carbocycles. The molecule has 1 aromatic heterocycles. The van der Waals surface area contributed by atoms with Crippen LogP contribution >= 0.6 is 0 Å². The first-order valence-electron chi connectivity index (χ1n) is 5.86. The van der Waals surface area contributed by atoms with E-state index in [0.717, 1.165) is 5.69 Å². The minimum Gasteiger partial charge on any atom is -0.325 e. The van der Waals surface area contributed by atoms with Crippen molar-refractivity contribution < 1.29 is 0 Å². The SMILES string of the molecule is CC(C)(C)c1cnc(CN)c(C(C)(C)C)c1. The van der Waals surface area contributed by atoms with Crippen molar-refractivity contribution in [3.8, 4) is 0 Å². The van der Waals surface area contributed by atoms with Gasteiger partial charge in [-0.1, -0.05) is 47.6 Å². The fourth-order valence-corrected chi connectivity index (χ4v) is 1.72. The lowest BCUT2D eigenvalue weighted by molar-refractivity contribution is 0.556. The van der Waals surface area contributed by atoms with E-state index in [0.29, 0.717) is 6.54 Å². The van der Waals surface area contributed by atoms with Crippen LogP contribution in [0.15, 0.2) is 12.3 Å². The standard InChI is InChI=1S/C14H24N2/c1-13(2,3)10-7-11(14(4,5)6)12(8-15)16-9-10/h7,9H,8,15H2,1-6H3. The first kappa shape index (κ1) is 13.2. The van der Waals surface area contributed by atoms with Gasteiger partial charge in [-0.15, -0.1) is 0 Å². The van der Waals surface area contributed by atoms with Crippen molar-refractivity contribution in [2.24, 2.45) is 5.73 Å². The number of rotatable bonds is 1. The van der Waals surface area contributed by atoms with Gasteiger partial charge in [-0.05, 0) is 22.0 Å². The van der Waals surface area contributed by atoms with Gasteiger partial charge in [-0.3, -0.25) is 4.98 Å². The summed E-state index contributed by atoms with van der Waals surface area (Å²) in [5.41, 5.74) is 9.54. The normalized spacial score (nSPS) is 12.9. The molecule has 0 saturated carbocycles. The Morgan fingerprint density at radius 1 is 1.06 bits per heavy atom. The average molecular weight is 220 g/mol. The van der Waals surface area contributed by atoms with E-state index in [1.807, 2.05) is 6.20 Å². The topological polar surface area (TPSA) is 38.9 Å². The molecule has 0 aromatic carbocycles. The summed E-state index contributed by atoms with van der Waals surface area (Å²) in [6.07, 6.45) is 1.96. The molecular formula is C14H24N2. The second-order valence-corrected chi connectivity index (χ2v) is 6.42. The van der Waals surface area contributed by atoms with Crippen LogP contribution in [0.4, 0.5) is 0 Å². The van der Waals surface area contributed by atoms with Gasteiger partial charge in [0.2, 0.25) is 0 Å². The van der Waals surface area contributed by atoms with Crippen LogP contribution in [-0.4, -0.2) is 4.98 Å². The molecule has 0 fully saturated rings. The highest BCUT2D eigenvalue weighted by Crippen LogP contribution is 2.29. The minimum absolute atomic E-state index is 0.100. The monoisotopic (exact) mass is 220 g/mol. The summed E-state index contributed by atoms with van der Waals surface area (Å²) in [7, 11) is 0. The fourth-order valence-electron chi connectivity index (χ4n) is 1.72. The van der Waals surface area contributed by atoms with Crippen LogP contribution in [0, 0.1) is 0 Å². The fraction of sp³-hybridized carbons (Fsp3) is 0.643. The molecule has 2 N–H and O–H groups in total. The quantitative estimate of drug-likeness (QED) is 0.789. The van der Waals surface area contributed by atoms with E-state index >= 15 is 0 Å². The smallest absolute Gasteiger partial charge is 0.0576 e. The van der Waals surface area contributed by atoms with Crippen molar-refractivity contribution in [1.29, 1.82) is 0 Å². The van der Waals surface area contributed by atoms with Gasteiger partial charge in [0.15, 0.2) is 0 Å². The Labute approximate surface area is 99.3 Å². The lowest BCUT2D eigenvalue weighted by Crippen LogP contribution is -2.20. The van der Waals surface area contributed by atoms with Crippen molar-refractivity contribution in [2.75, 3.05) is 0 Å². The molecule has 0 aliphatic heterocycles.